The monoisotopic (exact) mass is 728 g/mol. The molecular formula is C52H40O2S. The van der Waals surface area contributed by atoms with Crippen molar-refractivity contribution in [2.75, 3.05) is 0 Å². The van der Waals surface area contributed by atoms with Crippen molar-refractivity contribution >= 4 is 49.2 Å². The largest absolute Gasteiger partial charge is 0.550 e. The third-order valence-electron chi connectivity index (χ3n) is 10.0. The molecule has 9 aromatic carbocycles. The molecule has 0 spiro atoms. The molecule has 0 unspecified atom stereocenters. The maximum Gasteiger partial charge on any atom is 0.166 e. The van der Waals surface area contributed by atoms with Crippen LogP contribution in [0.4, 0.5) is 0 Å². The predicted octanol–water partition coefficient (Wildman–Crippen LogP) is 12.8. The van der Waals surface area contributed by atoms with Gasteiger partial charge in [-0.1, -0.05) is 141 Å². The summed E-state index contributed by atoms with van der Waals surface area (Å²) in [7, 11) is -0.290. The third kappa shape index (κ3) is 7.66. The van der Waals surface area contributed by atoms with Crippen LogP contribution in [0.15, 0.2) is 215 Å². The zero-order valence-electron chi connectivity index (χ0n) is 30.7. The SMILES string of the molecule is CCCC(=O)[O-].c1ccc2c(-c3ccc([S+](c4ccc(-c5cccc6ccccc56)cc4)c4ccc(-c5cccc6ccccc56)cc4)cc3)cccc2c1. The molecule has 0 aliphatic heterocycles. The quantitative estimate of drug-likeness (QED) is 0.146. The Morgan fingerprint density at radius 2 is 0.691 bits per heavy atom. The van der Waals surface area contributed by atoms with Crippen LogP contribution in [-0.2, 0) is 15.7 Å². The molecule has 0 amide bonds. The number of rotatable bonds is 8. The molecular weight excluding hydrogens is 689 g/mol. The Morgan fingerprint density at radius 3 is 0.964 bits per heavy atom. The summed E-state index contributed by atoms with van der Waals surface area (Å²) in [6.45, 7) is 1.80. The normalized spacial score (nSPS) is 11.1. The zero-order valence-corrected chi connectivity index (χ0v) is 31.5. The lowest BCUT2D eigenvalue weighted by Crippen LogP contribution is -2.20. The Balaban J connectivity index is 0.000000661. The number of carbonyl (C=O) groups is 1. The molecule has 0 bridgehead atoms. The topological polar surface area (TPSA) is 40.1 Å². The summed E-state index contributed by atoms with van der Waals surface area (Å²) in [4.78, 5) is 13.4. The molecule has 3 heteroatoms. The summed E-state index contributed by atoms with van der Waals surface area (Å²) in [5.41, 5.74) is 7.51. The van der Waals surface area contributed by atoms with Gasteiger partial charge in [0.1, 0.15) is 0 Å². The van der Waals surface area contributed by atoms with Gasteiger partial charge in [-0.2, -0.15) is 0 Å². The number of carbonyl (C=O) groups excluding carboxylic acids is 1. The number of hydrogen-bond donors (Lipinski definition) is 0. The fourth-order valence-electron chi connectivity index (χ4n) is 7.36. The van der Waals surface area contributed by atoms with Crippen LogP contribution < -0.4 is 5.11 Å². The summed E-state index contributed by atoms with van der Waals surface area (Å²) in [5.74, 6) is -0.961. The summed E-state index contributed by atoms with van der Waals surface area (Å²) in [6.07, 6.45) is 0.850. The molecule has 0 aliphatic rings. The van der Waals surface area contributed by atoms with Gasteiger partial charge in [0.2, 0.25) is 0 Å². The number of hydrogen-bond acceptors (Lipinski definition) is 2. The Hall–Kier alpha value is -6.42. The first kappa shape index (κ1) is 35.6. The number of fused-ring (bicyclic) bond motifs is 3. The molecule has 2 nitrogen and oxygen atoms in total. The van der Waals surface area contributed by atoms with Crippen LogP contribution in [0.25, 0.3) is 65.7 Å². The summed E-state index contributed by atoms with van der Waals surface area (Å²) in [6, 6.07) is 73.4. The third-order valence-corrected chi connectivity index (χ3v) is 12.3. The molecule has 0 heterocycles. The Kier molecular flexibility index (Phi) is 10.6. The van der Waals surface area contributed by atoms with Gasteiger partial charge in [-0.15, -0.1) is 0 Å². The lowest BCUT2D eigenvalue weighted by molar-refractivity contribution is -0.305. The van der Waals surface area contributed by atoms with Gasteiger partial charge in [-0.25, -0.2) is 0 Å². The molecule has 0 radical (unpaired) electrons. The highest BCUT2D eigenvalue weighted by Crippen LogP contribution is 2.38. The van der Waals surface area contributed by atoms with Crippen molar-refractivity contribution in [1.29, 1.82) is 0 Å². The lowest BCUT2D eigenvalue weighted by Gasteiger charge is -2.12. The van der Waals surface area contributed by atoms with Crippen LogP contribution in [0.3, 0.4) is 0 Å². The average molecular weight is 729 g/mol. The van der Waals surface area contributed by atoms with E-state index in [1.54, 1.807) is 6.92 Å². The van der Waals surface area contributed by atoms with Gasteiger partial charge in [0.15, 0.2) is 14.7 Å². The van der Waals surface area contributed by atoms with E-state index < -0.39 is 5.97 Å². The molecule has 0 fully saturated rings. The molecule has 266 valence electrons. The van der Waals surface area contributed by atoms with Gasteiger partial charge >= 0.3 is 0 Å². The summed E-state index contributed by atoms with van der Waals surface area (Å²) in [5, 5.41) is 17.1. The van der Waals surface area contributed by atoms with Crippen molar-refractivity contribution in [3.8, 4) is 33.4 Å². The Bertz CT molecular complexity index is 2420. The summed E-state index contributed by atoms with van der Waals surface area (Å²) >= 11 is 0. The van der Waals surface area contributed by atoms with E-state index in [-0.39, 0.29) is 17.3 Å². The van der Waals surface area contributed by atoms with Gasteiger partial charge < -0.3 is 9.90 Å². The van der Waals surface area contributed by atoms with E-state index in [0.717, 1.165) is 0 Å². The number of benzene rings is 9. The minimum absolute atomic E-state index is 0.181. The minimum Gasteiger partial charge on any atom is -0.550 e. The van der Waals surface area contributed by atoms with E-state index >= 15 is 0 Å². The molecule has 0 aromatic heterocycles. The lowest BCUT2D eigenvalue weighted by atomic mass is 9.98. The van der Waals surface area contributed by atoms with E-state index in [2.05, 4.69) is 200 Å². The van der Waals surface area contributed by atoms with Crippen LogP contribution in [0.2, 0.25) is 0 Å². The molecule has 0 aliphatic carbocycles. The molecule has 0 atom stereocenters. The van der Waals surface area contributed by atoms with Crippen LogP contribution in [0, 0.1) is 0 Å². The maximum atomic E-state index is 9.49. The van der Waals surface area contributed by atoms with E-state index in [0.29, 0.717) is 6.42 Å². The molecule has 55 heavy (non-hydrogen) atoms. The maximum absolute atomic E-state index is 9.49. The first-order chi connectivity index (χ1) is 27.1. The van der Waals surface area contributed by atoms with Crippen molar-refractivity contribution < 1.29 is 9.90 Å². The van der Waals surface area contributed by atoms with Gasteiger partial charge in [0.05, 0.1) is 10.9 Å². The van der Waals surface area contributed by atoms with E-state index in [1.807, 2.05) is 0 Å². The fourth-order valence-corrected chi connectivity index (χ4v) is 9.40. The van der Waals surface area contributed by atoms with Gasteiger partial charge in [-0.05, 0) is 145 Å². The number of carboxylic acids is 1. The fraction of sp³-hybridized carbons (Fsp3) is 0.0577. The highest BCUT2D eigenvalue weighted by atomic mass is 32.2. The van der Waals surface area contributed by atoms with Crippen molar-refractivity contribution in [3.05, 3.63) is 200 Å². The van der Waals surface area contributed by atoms with Crippen LogP contribution >= 0.6 is 0 Å². The van der Waals surface area contributed by atoms with Crippen molar-refractivity contribution in [2.24, 2.45) is 0 Å². The molecule has 0 saturated carbocycles. The Labute approximate surface area is 325 Å². The van der Waals surface area contributed by atoms with Gasteiger partial charge in [0.25, 0.3) is 0 Å². The Morgan fingerprint density at radius 1 is 0.400 bits per heavy atom. The average Bonchev–Trinajstić information content (AvgIpc) is 3.24. The number of aliphatic carboxylic acids is 1. The second-order valence-electron chi connectivity index (χ2n) is 13.6. The molecule has 9 aromatic rings. The first-order valence-electron chi connectivity index (χ1n) is 18.8. The summed E-state index contributed by atoms with van der Waals surface area (Å²) < 4.78 is 0. The van der Waals surface area contributed by atoms with E-state index in [4.69, 9.17) is 0 Å². The van der Waals surface area contributed by atoms with E-state index in [1.165, 1.54) is 80.4 Å². The zero-order chi connectivity index (χ0) is 37.6. The van der Waals surface area contributed by atoms with Crippen molar-refractivity contribution in [3.63, 3.8) is 0 Å². The van der Waals surface area contributed by atoms with Crippen molar-refractivity contribution in [1.82, 2.24) is 0 Å². The highest BCUT2D eigenvalue weighted by Gasteiger charge is 2.29. The standard InChI is InChI=1S/C48H33S.C4H8O2/c1-4-16-43-34(10-1)13-7-19-46(43)37-22-28-40(29-23-37)49(41-30-24-38(25-31-41)47-20-8-14-35-11-2-5-17-44(35)47)42-32-26-39(27-33-42)48-21-9-15-36-12-3-6-18-45(36)48;1-2-3-4(5)6/h1-33H;2-3H2,1H3,(H,5,6)/q+1;/p-1. The second kappa shape index (κ2) is 16.3. The number of carboxylic acid groups (broad SMARTS) is 1. The van der Waals surface area contributed by atoms with Crippen LogP contribution in [0.5, 0.6) is 0 Å². The highest BCUT2D eigenvalue weighted by molar-refractivity contribution is 7.97. The minimum atomic E-state index is -0.961. The smallest absolute Gasteiger partial charge is 0.166 e. The van der Waals surface area contributed by atoms with Gasteiger partial charge in [-0.3, -0.25) is 0 Å². The van der Waals surface area contributed by atoms with Crippen molar-refractivity contribution in [2.45, 2.75) is 34.5 Å². The predicted molar refractivity (Wildman–Crippen MR) is 230 cm³/mol. The second-order valence-corrected chi connectivity index (χ2v) is 15.6. The van der Waals surface area contributed by atoms with Crippen LogP contribution in [-0.4, -0.2) is 5.97 Å². The van der Waals surface area contributed by atoms with Gasteiger partial charge in [0, 0.05) is 5.97 Å². The molecule has 0 saturated heterocycles. The van der Waals surface area contributed by atoms with E-state index in [9.17, 15) is 9.90 Å². The molecule has 9 rings (SSSR count). The van der Waals surface area contributed by atoms with Crippen LogP contribution in [0.1, 0.15) is 19.8 Å². The first-order valence-corrected chi connectivity index (χ1v) is 20.0. The molecule has 0 N–H and O–H groups in total.